The highest BCUT2D eigenvalue weighted by Crippen LogP contribution is 2.19. The number of carboxylic acid groups (broad SMARTS) is 1. The quantitative estimate of drug-likeness (QED) is 0.760. The van der Waals surface area contributed by atoms with Crippen molar-refractivity contribution in [3.8, 4) is 0 Å². The van der Waals surface area contributed by atoms with Crippen LogP contribution in [0.2, 0.25) is 0 Å². The lowest BCUT2D eigenvalue weighted by Gasteiger charge is -2.09. The highest BCUT2D eigenvalue weighted by Gasteiger charge is 2.19. The summed E-state index contributed by atoms with van der Waals surface area (Å²) in [5.41, 5.74) is 4.65. The molecule has 2 aromatic carbocycles. The number of aromatic carboxylic acids is 1. The number of carbonyl (C=O) groups is 2. The molecule has 0 heterocycles. The molecule has 9 heteroatoms. The van der Waals surface area contributed by atoms with Gasteiger partial charge in [0, 0.05) is 11.3 Å². The van der Waals surface area contributed by atoms with Gasteiger partial charge in [-0.3, -0.25) is 9.52 Å². The zero-order chi connectivity index (χ0) is 17.2. The Morgan fingerprint density at radius 1 is 1.09 bits per heavy atom. The smallest absolute Gasteiger partial charge is 0.338 e. The number of carboxylic acids is 1. The van der Waals surface area contributed by atoms with Crippen molar-refractivity contribution >= 4 is 27.6 Å². The third-order valence-corrected chi connectivity index (χ3v) is 4.28. The molecule has 0 fully saturated rings. The Labute approximate surface area is 130 Å². The first-order valence-corrected chi connectivity index (χ1v) is 7.64. The van der Waals surface area contributed by atoms with Crippen molar-refractivity contribution in [1.82, 2.24) is 0 Å². The Kier molecular flexibility index (Phi) is 4.32. The van der Waals surface area contributed by atoms with E-state index in [1.165, 1.54) is 24.3 Å². The van der Waals surface area contributed by atoms with Gasteiger partial charge in [0.25, 0.3) is 10.0 Å². The zero-order valence-corrected chi connectivity index (χ0v) is 12.3. The van der Waals surface area contributed by atoms with E-state index in [0.29, 0.717) is 0 Å². The SMILES string of the molecule is NC(=O)c1ccc(NS(=O)(=O)c2ccc(F)c(C(=O)O)c2)cc1. The molecule has 7 nitrogen and oxygen atoms in total. The van der Waals surface area contributed by atoms with E-state index in [0.717, 1.165) is 18.2 Å². The molecule has 0 unspecified atom stereocenters. The monoisotopic (exact) mass is 338 g/mol. The minimum Gasteiger partial charge on any atom is -0.478 e. The number of primary amides is 1. The van der Waals surface area contributed by atoms with Crippen LogP contribution in [-0.2, 0) is 10.0 Å². The number of hydrogen-bond donors (Lipinski definition) is 3. The fourth-order valence-electron chi connectivity index (χ4n) is 1.75. The third-order valence-electron chi connectivity index (χ3n) is 2.90. The summed E-state index contributed by atoms with van der Waals surface area (Å²) in [7, 11) is -4.12. The van der Waals surface area contributed by atoms with Gasteiger partial charge in [0.05, 0.1) is 10.5 Å². The highest BCUT2D eigenvalue weighted by molar-refractivity contribution is 7.92. The average molecular weight is 338 g/mol. The van der Waals surface area contributed by atoms with Gasteiger partial charge in [0.1, 0.15) is 5.82 Å². The summed E-state index contributed by atoms with van der Waals surface area (Å²) in [6.45, 7) is 0. The lowest BCUT2D eigenvalue weighted by Crippen LogP contribution is -2.15. The number of rotatable bonds is 5. The predicted octanol–water partition coefficient (Wildman–Crippen LogP) is 1.42. The molecule has 120 valence electrons. The normalized spacial score (nSPS) is 11.0. The van der Waals surface area contributed by atoms with Crippen molar-refractivity contribution in [2.24, 2.45) is 5.73 Å². The minimum atomic E-state index is -4.12. The van der Waals surface area contributed by atoms with E-state index in [2.05, 4.69) is 4.72 Å². The van der Waals surface area contributed by atoms with E-state index in [1.54, 1.807) is 0 Å². The largest absolute Gasteiger partial charge is 0.478 e. The molecule has 0 spiro atoms. The number of nitrogens with two attached hydrogens (primary N) is 1. The number of halogens is 1. The lowest BCUT2D eigenvalue weighted by molar-refractivity contribution is 0.0691. The Hall–Kier alpha value is -2.94. The van der Waals surface area contributed by atoms with Gasteiger partial charge in [-0.05, 0) is 42.5 Å². The van der Waals surface area contributed by atoms with E-state index in [4.69, 9.17) is 10.8 Å². The third kappa shape index (κ3) is 3.64. The Balaban J connectivity index is 2.33. The number of amides is 1. The average Bonchev–Trinajstić information content (AvgIpc) is 2.47. The Bertz CT molecular complexity index is 879. The molecule has 0 aliphatic carbocycles. The van der Waals surface area contributed by atoms with E-state index >= 15 is 0 Å². The molecule has 0 aliphatic heterocycles. The van der Waals surface area contributed by atoms with E-state index < -0.39 is 38.2 Å². The highest BCUT2D eigenvalue weighted by atomic mass is 32.2. The van der Waals surface area contributed by atoms with Crippen molar-refractivity contribution in [2.45, 2.75) is 4.90 Å². The lowest BCUT2D eigenvalue weighted by atomic mass is 10.2. The predicted molar refractivity (Wildman–Crippen MR) is 79.1 cm³/mol. The second-order valence-corrected chi connectivity index (χ2v) is 6.18. The fourth-order valence-corrected chi connectivity index (χ4v) is 2.84. The van der Waals surface area contributed by atoms with Crippen molar-refractivity contribution in [3.05, 3.63) is 59.4 Å². The first kappa shape index (κ1) is 16.4. The van der Waals surface area contributed by atoms with Crippen molar-refractivity contribution in [1.29, 1.82) is 0 Å². The van der Waals surface area contributed by atoms with Crippen LogP contribution in [0.15, 0.2) is 47.4 Å². The summed E-state index contributed by atoms with van der Waals surface area (Å²) in [6.07, 6.45) is 0. The van der Waals surface area contributed by atoms with Gasteiger partial charge in [0.15, 0.2) is 0 Å². The number of nitrogens with one attached hydrogen (secondary N) is 1. The van der Waals surface area contributed by atoms with Gasteiger partial charge >= 0.3 is 5.97 Å². The van der Waals surface area contributed by atoms with Crippen LogP contribution in [0.3, 0.4) is 0 Å². The first-order valence-electron chi connectivity index (χ1n) is 6.16. The van der Waals surface area contributed by atoms with Gasteiger partial charge in [-0.2, -0.15) is 0 Å². The number of anilines is 1. The fraction of sp³-hybridized carbons (Fsp3) is 0. The summed E-state index contributed by atoms with van der Waals surface area (Å²) in [5, 5.41) is 8.83. The molecule has 0 atom stereocenters. The van der Waals surface area contributed by atoms with Gasteiger partial charge in [-0.1, -0.05) is 0 Å². The van der Waals surface area contributed by atoms with E-state index in [9.17, 15) is 22.4 Å². The number of carbonyl (C=O) groups excluding carboxylic acids is 1. The molecule has 1 amide bonds. The number of hydrogen-bond acceptors (Lipinski definition) is 4. The number of benzene rings is 2. The van der Waals surface area contributed by atoms with Crippen molar-refractivity contribution < 1.29 is 27.5 Å². The van der Waals surface area contributed by atoms with Crippen LogP contribution in [0.5, 0.6) is 0 Å². The van der Waals surface area contributed by atoms with Gasteiger partial charge in [0.2, 0.25) is 5.91 Å². The molecule has 0 saturated carbocycles. The second-order valence-electron chi connectivity index (χ2n) is 4.49. The summed E-state index contributed by atoms with van der Waals surface area (Å²) in [6, 6.07) is 7.72. The Morgan fingerprint density at radius 3 is 2.22 bits per heavy atom. The van der Waals surface area contributed by atoms with Crippen LogP contribution in [0.4, 0.5) is 10.1 Å². The standard InChI is InChI=1S/C14H11FN2O5S/c15-12-6-5-10(7-11(12)14(19)20)23(21,22)17-9-3-1-8(2-4-9)13(16)18/h1-7,17H,(H2,16,18)(H,19,20). The maximum atomic E-state index is 13.3. The molecule has 0 radical (unpaired) electrons. The molecule has 0 aromatic heterocycles. The summed E-state index contributed by atoms with van der Waals surface area (Å²) < 4.78 is 39.9. The topological polar surface area (TPSA) is 127 Å². The molecule has 2 aromatic rings. The maximum Gasteiger partial charge on any atom is 0.338 e. The second kappa shape index (κ2) is 6.05. The molecular formula is C14H11FN2O5S. The van der Waals surface area contributed by atoms with Crippen LogP contribution in [0.25, 0.3) is 0 Å². The zero-order valence-electron chi connectivity index (χ0n) is 11.5. The summed E-state index contributed by atoms with van der Waals surface area (Å²) in [5.74, 6) is -3.28. The van der Waals surface area contributed by atoms with Crippen molar-refractivity contribution in [2.75, 3.05) is 4.72 Å². The number of sulfonamides is 1. The molecule has 0 aliphatic rings. The van der Waals surface area contributed by atoms with Gasteiger partial charge in [-0.25, -0.2) is 17.6 Å². The molecular weight excluding hydrogens is 327 g/mol. The Morgan fingerprint density at radius 2 is 1.70 bits per heavy atom. The van der Waals surface area contributed by atoms with E-state index in [1.807, 2.05) is 0 Å². The van der Waals surface area contributed by atoms with E-state index in [-0.39, 0.29) is 11.3 Å². The molecule has 4 N–H and O–H groups in total. The van der Waals surface area contributed by atoms with Crippen LogP contribution in [0.1, 0.15) is 20.7 Å². The summed E-state index contributed by atoms with van der Waals surface area (Å²) in [4.78, 5) is 21.4. The van der Waals surface area contributed by atoms with Crippen LogP contribution < -0.4 is 10.5 Å². The minimum absolute atomic E-state index is 0.135. The molecule has 0 bridgehead atoms. The molecule has 2 rings (SSSR count). The van der Waals surface area contributed by atoms with Crippen LogP contribution >= 0.6 is 0 Å². The van der Waals surface area contributed by atoms with Gasteiger partial charge in [-0.15, -0.1) is 0 Å². The van der Waals surface area contributed by atoms with Gasteiger partial charge < -0.3 is 10.8 Å². The van der Waals surface area contributed by atoms with Crippen LogP contribution in [-0.4, -0.2) is 25.4 Å². The van der Waals surface area contributed by atoms with Crippen LogP contribution in [0, 0.1) is 5.82 Å². The molecule has 23 heavy (non-hydrogen) atoms. The maximum absolute atomic E-state index is 13.3. The summed E-state index contributed by atoms with van der Waals surface area (Å²) >= 11 is 0. The molecule has 0 saturated heterocycles. The first-order chi connectivity index (χ1) is 10.7. The van der Waals surface area contributed by atoms with Crippen molar-refractivity contribution in [3.63, 3.8) is 0 Å².